The van der Waals surface area contributed by atoms with E-state index in [9.17, 15) is 5.11 Å². The Balaban J connectivity index is 1.06. The number of furan rings is 1. The number of thioether (sulfide) groups is 1. The summed E-state index contributed by atoms with van der Waals surface area (Å²) < 4.78 is 11.4. The summed E-state index contributed by atoms with van der Waals surface area (Å²) in [6, 6.07) is 2.21. The smallest absolute Gasteiger partial charge is 0.0937 e. The van der Waals surface area contributed by atoms with E-state index in [1.165, 1.54) is 63.6 Å². The van der Waals surface area contributed by atoms with Crippen LogP contribution in [0.5, 0.6) is 0 Å². The highest BCUT2D eigenvalue weighted by atomic mass is 32.2. The van der Waals surface area contributed by atoms with E-state index in [0.29, 0.717) is 16.6 Å². The van der Waals surface area contributed by atoms with Crippen molar-refractivity contribution in [2.24, 2.45) is 28.6 Å². The van der Waals surface area contributed by atoms with Crippen molar-refractivity contribution in [2.45, 2.75) is 88.9 Å². The van der Waals surface area contributed by atoms with Crippen molar-refractivity contribution in [1.29, 1.82) is 0 Å². The minimum Gasteiger partial charge on any atom is -0.472 e. The van der Waals surface area contributed by atoms with Crippen LogP contribution in [0.25, 0.3) is 0 Å². The van der Waals surface area contributed by atoms with Gasteiger partial charge < -0.3 is 19.2 Å². The average Bonchev–Trinajstić information content (AvgIpc) is 3.62. The van der Waals surface area contributed by atoms with Gasteiger partial charge in [-0.05, 0) is 117 Å². The van der Waals surface area contributed by atoms with E-state index in [2.05, 4.69) is 30.9 Å². The number of nitrogens with zero attached hydrogens (tertiary/aromatic N) is 1. The van der Waals surface area contributed by atoms with Crippen LogP contribution >= 0.6 is 11.8 Å². The number of aliphatic hydroxyl groups is 1. The zero-order valence-electron chi connectivity index (χ0n) is 22.5. The molecule has 4 nitrogen and oxygen atoms in total. The van der Waals surface area contributed by atoms with Crippen LogP contribution in [0.1, 0.15) is 83.1 Å². The molecular formula is C31H47NO3S. The fourth-order valence-electron chi connectivity index (χ4n) is 9.43. The molecule has 2 heterocycles. The number of hydrogen-bond donors (Lipinski definition) is 1. The summed E-state index contributed by atoms with van der Waals surface area (Å²) in [5, 5.41) is 11.6. The lowest BCUT2D eigenvalue weighted by molar-refractivity contribution is -0.0481. The molecule has 0 amide bonds. The quantitative estimate of drug-likeness (QED) is 0.317. The third kappa shape index (κ3) is 4.54. The summed E-state index contributed by atoms with van der Waals surface area (Å²) in [6.07, 6.45) is 17.5. The third-order valence-corrected chi connectivity index (χ3v) is 12.7. The first kappa shape index (κ1) is 25.5. The standard InChI is InChI=1S/C31H47NO3S/c1-30-11-9-27-24(26(30)8-7-25(30)22-10-15-35-21-22)6-5-23-19-29(28(33)20-31(23,27)2)36-18-17-34-16-14-32-12-3-4-13-32/h5,10,15,21,24-29,33H,3-4,6-9,11-14,16-20H2,1-2H3/t24-,25?,26-,27+,28?,29?,30+,31-/m0/s1. The van der Waals surface area contributed by atoms with Crippen molar-refractivity contribution in [3.05, 3.63) is 35.8 Å². The second kappa shape index (κ2) is 10.4. The molecule has 3 saturated carbocycles. The number of likely N-dealkylation sites (tertiary alicyclic amines) is 1. The van der Waals surface area contributed by atoms with Crippen LogP contribution in [-0.2, 0) is 4.74 Å². The SMILES string of the molecule is C[C@]12CC(O)C(SCCOCCN3CCCC3)CC1=CC[C@@H]1[C@H]2CC[C@]2(C)C(c3ccoc3)CC[C@@H]12. The maximum Gasteiger partial charge on any atom is 0.0937 e. The van der Waals surface area contributed by atoms with Crippen molar-refractivity contribution < 1.29 is 14.3 Å². The van der Waals surface area contributed by atoms with Gasteiger partial charge in [0.15, 0.2) is 0 Å². The highest BCUT2D eigenvalue weighted by Crippen LogP contribution is 2.68. The van der Waals surface area contributed by atoms with Gasteiger partial charge in [0.25, 0.3) is 0 Å². The van der Waals surface area contributed by atoms with Crippen molar-refractivity contribution >= 4 is 11.8 Å². The van der Waals surface area contributed by atoms with Crippen molar-refractivity contribution in [3.63, 3.8) is 0 Å². The first-order chi connectivity index (χ1) is 17.5. The molecule has 4 aliphatic carbocycles. The van der Waals surface area contributed by atoms with Gasteiger partial charge in [0.05, 0.1) is 31.8 Å². The molecule has 0 spiro atoms. The van der Waals surface area contributed by atoms with Crippen LogP contribution in [0.4, 0.5) is 0 Å². The number of ether oxygens (including phenoxy) is 1. The van der Waals surface area contributed by atoms with Crippen LogP contribution in [0.15, 0.2) is 34.7 Å². The maximum absolute atomic E-state index is 11.3. The zero-order valence-corrected chi connectivity index (χ0v) is 23.3. The number of rotatable bonds is 8. The number of fused-ring (bicyclic) bond motifs is 5. The molecule has 36 heavy (non-hydrogen) atoms. The lowest BCUT2D eigenvalue weighted by atomic mass is 9.47. The Bertz CT molecular complexity index is 911. The van der Waals surface area contributed by atoms with Crippen LogP contribution in [0, 0.1) is 28.6 Å². The molecule has 0 aromatic carbocycles. The predicted octanol–water partition coefficient (Wildman–Crippen LogP) is 6.51. The fourth-order valence-corrected chi connectivity index (χ4v) is 10.6. The Morgan fingerprint density at radius 1 is 1.14 bits per heavy atom. The summed E-state index contributed by atoms with van der Waals surface area (Å²) in [6.45, 7) is 10.3. The van der Waals surface area contributed by atoms with Gasteiger partial charge >= 0.3 is 0 Å². The molecule has 4 fully saturated rings. The molecule has 1 aromatic rings. The molecule has 6 rings (SSSR count). The zero-order chi connectivity index (χ0) is 24.8. The Labute approximate surface area is 222 Å². The van der Waals surface area contributed by atoms with Gasteiger partial charge in [-0.2, -0.15) is 11.8 Å². The second-order valence-corrected chi connectivity index (χ2v) is 14.4. The number of hydrogen-bond acceptors (Lipinski definition) is 5. The molecule has 5 aliphatic rings. The molecule has 1 aliphatic heterocycles. The van der Waals surface area contributed by atoms with Gasteiger partial charge in [-0.25, -0.2) is 0 Å². The average molecular weight is 514 g/mol. The van der Waals surface area contributed by atoms with Gasteiger partial charge in [-0.1, -0.05) is 25.5 Å². The van der Waals surface area contributed by atoms with E-state index in [4.69, 9.17) is 9.15 Å². The third-order valence-electron chi connectivity index (χ3n) is 11.4. The Hall–Kier alpha value is -0.750. The summed E-state index contributed by atoms with van der Waals surface area (Å²) in [5.41, 5.74) is 3.66. The van der Waals surface area contributed by atoms with E-state index in [-0.39, 0.29) is 11.5 Å². The molecule has 1 N–H and O–H groups in total. The maximum atomic E-state index is 11.3. The Morgan fingerprint density at radius 2 is 2.00 bits per heavy atom. The van der Waals surface area contributed by atoms with E-state index in [1.807, 2.05) is 24.3 Å². The molecule has 8 atom stereocenters. The van der Waals surface area contributed by atoms with Gasteiger partial charge in [0.1, 0.15) is 0 Å². The molecular weight excluding hydrogens is 466 g/mol. The highest BCUT2D eigenvalue weighted by Gasteiger charge is 2.59. The molecule has 0 radical (unpaired) electrons. The van der Waals surface area contributed by atoms with E-state index in [1.54, 1.807) is 5.57 Å². The van der Waals surface area contributed by atoms with Gasteiger partial charge in [-0.3, -0.25) is 0 Å². The lowest BCUT2D eigenvalue weighted by Gasteiger charge is -2.58. The summed E-state index contributed by atoms with van der Waals surface area (Å²) in [4.78, 5) is 2.51. The fraction of sp³-hybridized carbons (Fsp3) is 0.806. The molecule has 1 saturated heterocycles. The van der Waals surface area contributed by atoms with Crippen molar-refractivity contribution in [2.75, 3.05) is 38.6 Å². The lowest BCUT2D eigenvalue weighted by Crippen LogP contribution is -2.52. The summed E-state index contributed by atoms with van der Waals surface area (Å²) in [7, 11) is 0. The van der Waals surface area contributed by atoms with Crippen molar-refractivity contribution in [1.82, 2.24) is 4.90 Å². The predicted molar refractivity (Wildman–Crippen MR) is 147 cm³/mol. The molecule has 200 valence electrons. The Morgan fingerprint density at radius 3 is 2.81 bits per heavy atom. The first-order valence-corrected chi connectivity index (χ1v) is 15.9. The topological polar surface area (TPSA) is 45.8 Å². The van der Waals surface area contributed by atoms with E-state index in [0.717, 1.165) is 56.1 Å². The summed E-state index contributed by atoms with van der Waals surface area (Å²) in [5.74, 6) is 3.94. The normalized spacial score (nSPS) is 42.6. The molecule has 3 unspecified atom stereocenters. The first-order valence-electron chi connectivity index (χ1n) is 14.8. The van der Waals surface area contributed by atoms with Crippen molar-refractivity contribution in [3.8, 4) is 0 Å². The van der Waals surface area contributed by atoms with Gasteiger partial charge in [-0.15, -0.1) is 0 Å². The largest absolute Gasteiger partial charge is 0.472 e. The summed E-state index contributed by atoms with van der Waals surface area (Å²) >= 11 is 1.95. The van der Waals surface area contributed by atoms with Gasteiger partial charge in [0.2, 0.25) is 0 Å². The molecule has 5 heteroatoms. The number of allylic oxidation sites excluding steroid dienone is 2. The van der Waals surface area contributed by atoms with Crippen LogP contribution in [-0.4, -0.2) is 60.0 Å². The molecule has 1 aromatic heterocycles. The number of aliphatic hydroxyl groups excluding tert-OH is 1. The highest BCUT2D eigenvalue weighted by molar-refractivity contribution is 8.00. The molecule has 0 bridgehead atoms. The van der Waals surface area contributed by atoms with Crippen LogP contribution < -0.4 is 0 Å². The van der Waals surface area contributed by atoms with Gasteiger partial charge in [0, 0.05) is 17.5 Å². The van der Waals surface area contributed by atoms with Crippen LogP contribution in [0.2, 0.25) is 0 Å². The van der Waals surface area contributed by atoms with E-state index >= 15 is 0 Å². The minimum atomic E-state index is -0.198. The van der Waals surface area contributed by atoms with E-state index < -0.39 is 0 Å². The second-order valence-electron chi connectivity index (χ2n) is 13.0. The van der Waals surface area contributed by atoms with Crippen LogP contribution in [0.3, 0.4) is 0 Å². The Kier molecular flexibility index (Phi) is 7.40. The monoisotopic (exact) mass is 513 g/mol. The minimum absolute atomic E-state index is 0.181.